The quantitative estimate of drug-likeness (QED) is 0.110. The van der Waals surface area contributed by atoms with Crippen molar-refractivity contribution in [2.24, 2.45) is 0 Å². The number of benzene rings is 8. The number of fused-ring (bicyclic) bond motifs is 2. The Morgan fingerprint density at radius 2 is 0.704 bits per heavy atom. The van der Waals surface area contributed by atoms with E-state index in [1.165, 1.54) is 46.0 Å². The van der Waals surface area contributed by atoms with Gasteiger partial charge in [0.2, 0.25) is 0 Å². The van der Waals surface area contributed by atoms with Crippen LogP contribution in [-0.2, 0) is 9.47 Å². The second kappa shape index (κ2) is 15.6. The molecule has 0 aromatic heterocycles. The summed E-state index contributed by atoms with van der Waals surface area (Å²) in [7, 11) is 0.702. The van der Waals surface area contributed by atoms with Crippen molar-refractivity contribution >= 4 is 81.2 Å². The lowest BCUT2D eigenvalue weighted by Gasteiger charge is -2.28. The normalized spacial score (nSPS) is 11.3. The highest BCUT2D eigenvalue weighted by atomic mass is 31.1. The molecule has 54 heavy (non-hydrogen) atoms. The summed E-state index contributed by atoms with van der Waals surface area (Å²) in [4.78, 5) is 25.7. The van der Waals surface area contributed by atoms with E-state index in [-0.39, 0.29) is 11.9 Å². The van der Waals surface area contributed by atoms with E-state index in [2.05, 4.69) is 158 Å². The first-order valence-corrected chi connectivity index (χ1v) is 20.3. The maximum Gasteiger partial charge on any atom is 0.337 e. The minimum Gasteiger partial charge on any atom is -0.465 e. The third-order valence-electron chi connectivity index (χ3n) is 9.63. The van der Waals surface area contributed by atoms with E-state index < -0.39 is 15.8 Å². The van der Waals surface area contributed by atoms with Crippen molar-refractivity contribution in [2.45, 2.75) is 0 Å². The zero-order chi connectivity index (χ0) is 37.0. The maximum absolute atomic E-state index is 12.8. The maximum atomic E-state index is 12.8. The monoisotopic (exact) mass is 738 g/mol. The van der Waals surface area contributed by atoms with Gasteiger partial charge in [0.05, 0.1) is 25.3 Å². The van der Waals surface area contributed by atoms with Gasteiger partial charge in [-0.1, -0.05) is 158 Å². The molecule has 262 valence electrons. The Morgan fingerprint density at radius 1 is 0.389 bits per heavy atom. The lowest BCUT2D eigenvalue weighted by atomic mass is 9.92. The Hall–Kier alpha value is -5.92. The minimum atomic E-state index is -1.06. The number of carbonyl (C=O) groups excluding carboxylic acids is 2. The first-order valence-electron chi connectivity index (χ1n) is 17.7. The lowest BCUT2D eigenvalue weighted by Crippen LogP contribution is -2.26. The second-order valence-corrected chi connectivity index (χ2v) is 17.2. The highest BCUT2D eigenvalue weighted by Crippen LogP contribution is 2.46. The predicted molar refractivity (Wildman–Crippen MR) is 227 cm³/mol. The molecule has 0 atom stereocenters. The number of rotatable bonds is 9. The summed E-state index contributed by atoms with van der Waals surface area (Å²) in [5.74, 6) is -0.757. The molecule has 6 heteroatoms. The SMILES string of the molecule is COC(=O)c1ccc2c(-c3c(P(c4ccccc4)c4ccccc4)ccc4cc(C(=O)OC)ccc34)c(P(c3ccccc3)c3ccccc3)ccc2c1. The van der Waals surface area contributed by atoms with E-state index in [9.17, 15) is 9.59 Å². The molecule has 0 aliphatic heterocycles. The molecule has 8 aromatic carbocycles. The zero-order valence-corrected chi connectivity index (χ0v) is 31.6. The van der Waals surface area contributed by atoms with Gasteiger partial charge in [0.1, 0.15) is 0 Å². The van der Waals surface area contributed by atoms with Crippen LogP contribution in [0.1, 0.15) is 20.7 Å². The number of hydrogen-bond donors (Lipinski definition) is 0. The highest BCUT2D eigenvalue weighted by Gasteiger charge is 2.28. The van der Waals surface area contributed by atoms with Crippen molar-refractivity contribution in [1.29, 1.82) is 0 Å². The van der Waals surface area contributed by atoms with Gasteiger partial charge >= 0.3 is 11.9 Å². The Labute approximate surface area is 317 Å². The molecule has 0 aliphatic rings. The van der Waals surface area contributed by atoms with Crippen LogP contribution in [0.15, 0.2) is 182 Å². The Bertz CT molecular complexity index is 2350. The largest absolute Gasteiger partial charge is 0.465 e. The molecule has 8 rings (SSSR count). The van der Waals surface area contributed by atoms with Crippen LogP contribution < -0.4 is 31.8 Å². The molecule has 0 spiro atoms. The van der Waals surface area contributed by atoms with Gasteiger partial charge in [-0.3, -0.25) is 0 Å². The van der Waals surface area contributed by atoms with Crippen molar-refractivity contribution in [1.82, 2.24) is 0 Å². The van der Waals surface area contributed by atoms with Gasteiger partial charge in [0, 0.05) is 0 Å². The lowest BCUT2D eigenvalue weighted by molar-refractivity contribution is 0.0592. The fourth-order valence-corrected chi connectivity index (χ4v) is 12.1. The van der Waals surface area contributed by atoms with Crippen LogP contribution in [0, 0.1) is 0 Å². The molecule has 0 N–H and O–H groups in total. The standard InChI is InChI=1S/C48H36O4P2/c1-51-47(49)35-23-27-41-33(31-35)25-29-43(53(37-15-7-3-8-16-37)38-17-9-4-10-18-38)45(41)46-42-28-24-36(48(50)52-2)32-34(42)26-30-44(46)54(39-19-11-5-12-20-39)40-21-13-6-14-22-40/h3-32H,1-2H3. The van der Waals surface area contributed by atoms with Crippen LogP contribution in [0.3, 0.4) is 0 Å². The van der Waals surface area contributed by atoms with Crippen LogP contribution in [0.4, 0.5) is 0 Å². The molecule has 8 aromatic rings. The van der Waals surface area contributed by atoms with E-state index in [4.69, 9.17) is 9.47 Å². The molecule has 0 heterocycles. The van der Waals surface area contributed by atoms with Gasteiger partial charge < -0.3 is 9.47 Å². The third kappa shape index (κ3) is 6.72. The molecule has 0 radical (unpaired) electrons. The molecule has 0 bridgehead atoms. The van der Waals surface area contributed by atoms with Crippen LogP contribution in [0.25, 0.3) is 32.7 Å². The average molecular weight is 739 g/mol. The summed E-state index contributed by atoms with van der Waals surface area (Å²) in [6.45, 7) is 0. The van der Waals surface area contributed by atoms with Gasteiger partial charge in [-0.2, -0.15) is 0 Å². The van der Waals surface area contributed by atoms with Crippen LogP contribution in [0.5, 0.6) is 0 Å². The molecular formula is C48H36O4P2. The Morgan fingerprint density at radius 3 is 1.00 bits per heavy atom. The van der Waals surface area contributed by atoms with Crippen LogP contribution in [0.2, 0.25) is 0 Å². The minimum absolute atomic E-state index is 0.379. The fourth-order valence-electron chi connectivity index (χ4n) is 7.19. The first-order chi connectivity index (χ1) is 26.6. The molecule has 0 unspecified atom stereocenters. The van der Waals surface area contributed by atoms with Gasteiger partial charge in [-0.25, -0.2) is 9.59 Å². The number of ether oxygens (including phenoxy) is 2. The fraction of sp³-hybridized carbons (Fsp3) is 0.0417. The van der Waals surface area contributed by atoms with Crippen molar-refractivity contribution in [3.8, 4) is 11.1 Å². The summed E-state index contributed by atoms with van der Waals surface area (Å²) in [6, 6.07) is 63.4. The van der Waals surface area contributed by atoms with Crippen molar-refractivity contribution in [2.75, 3.05) is 14.2 Å². The topological polar surface area (TPSA) is 52.6 Å². The first kappa shape index (κ1) is 35.1. The number of hydrogen-bond acceptors (Lipinski definition) is 4. The molecule has 0 fully saturated rings. The molecular weight excluding hydrogens is 702 g/mol. The number of carbonyl (C=O) groups is 2. The predicted octanol–water partition coefficient (Wildman–Crippen LogP) is 8.75. The van der Waals surface area contributed by atoms with Crippen molar-refractivity contribution in [3.63, 3.8) is 0 Å². The van der Waals surface area contributed by atoms with Gasteiger partial charge in [-0.15, -0.1) is 0 Å². The Balaban J connectivity index is 1.55. The molecule has 4 nitrogen and oxygen atoms in total. The molecule has 0 saturated carbocycles. The van der Waals surface area contributed by atoms with E-state index in [1.54, 1.807) is 0 Å². The molecule has 0 saturated heterocycles. The van der Waals surface area contributed by atoms with E-state index in [0.29, 0.717) is 11.1 Å². The van der Waals surface area contributed by atoms with E-state index >= 15 is 0 Å². The van der Waals surface area contributed by atoms with Gasteiger partial charge in [-0.05, 0) is 105 Å². The van der Waals surface area contributed by atoms with E-state index in [1.807, 2.05) is 24.3 Å². The average Bonchev–Trinajstić information content (AvgIpc) is 3.24. The van der Waals surface area contributed by atoms with Gasteiger partial charge in [0.25, 0.3) is 0 Å². The number of esters is 2. The van der Waals surface area contributed by atoms with Gasteiger partial charge in [0.15, 0.2) is 0 Å². The molecule has 0 aliphatic carbocycles. The van der Waals surface area contributed by atoms with Crippen LogP contribution in [-0.4, -0.2) is 26.2 Å². The second-order valence-electron chi connectivity index (χ2n) is 12.8. The van der Waals surface area contributed by atoms with Crippen LogP contribution >= 0.6 is 15.8 Å². The van der Waals surface area contributed by atoms with Crippen molar-refractivity contribution in [3.05, 3.63) is 193 Å². The van der Waals surface area contributed by atoms with Crippen molar-refractivity contribution < 1.29 is 19.1 Å². The highest BCUT2D eigenvalue weighted by molar-refractivity contribution is 7.80. The summed E-state index contributed by atoms with van der Waals surface area (Å²) in [5.41, 5.74) is 3.20. The number of methoxy groups -OCH3 is 2. The zero-order valence-electron chi connectivity index (χ0n) is 29.8. The van der Waals surface area contributed by atoms with E-state index in [0.717, 1.165) is 32.7 Å². The molecule has 0 amide bonds. The Kier molecular flexibility index (Phi) is 10.1. The summed E-state index contributed by atoms with van der Waals surface area (Å²) in [6.07, 6.45) is 0. The third-order valence-corrected chi connectivity index (χ3v) is 14.6. The summed E-state index contributed by atoms with van der Waals surface area (Å²) in [5, 5.41) is 11.2. The summed E-state index contributed by atoms with van der Waals surface area (Å²) < 4.78 is 10.3. The summed E-state index contributed by atoms with van der Waals surface area (Å²) >= 11 is 0. The smallest absolute Gasteiger partial charge is 0.337 e.